The maximum Gasteiger partial charge on any atom is 0.483 e. The van der Waals surface area contributed by atoms with Crippen LogP contribution in [0.25, 0.3) is 11.0 Å². The zero-order valence-corrected chi connectivity index (χ0v) is 15.5. The van der Waals surface area contributed by atoms with Crippen LogP contribution in [0.1, 0.15) is 24.4 Å². The van der Waals surface area contributed by atoms with Crippen molar-refractivity contribution < 1.29 is 23.4 Å². The van der Waals surface area contributed by atoms with Crippen LogP contribution in [0.2, 0.25) is 0 Å². The highest BCUT2D eigenvalue weighted by atomic mass is 19.3. The van der Waals surface area contributed by atoms with Gasteiger partial charge in [-0.3, -0.25) is 19.1 Å². The summed E-state index contributed by atoms with van der Waals surface area (Å²) in [5.74, 6) is -1.82. The minimum atomic E-state index is -4.13. The number of anilines is 1. The van der Waals surface area contributed by atoms with Crippen molar-refractivity contribution >= 4 is 22.6 Å². The van der Waals surface area contributed by atoms with Crippen LogP contribution in [-0.4, -0.2) is 31.7 Å². The molecule has 0 unspecified atom stereocenters. The molecule has 8 nitrogen and oxygen atoms in total. The number of ether oxygens (including phenoxy) is 1. The van der Waals surface area contributed by atoms with Crippen LogP contribution in [0.4, 0.5) is 14.5 Å². The van der Waals surface area contributed by atoms with Crippen LogP contribution in [0.15, 0.2) is 41.3 Å². The Morgan fingerprint density at radius 1 is 1.24 bits per heavy atom. The maximum absolute atomic E-state index is 14.3. The number of aromatic nitrogens is 3. The van der Waals surface area contributed by atoms with Gasteiger partial charge in [-0.1, -0.05) is 12.1 Å². The Labute approximate surface area is 163 Å². The zero-order valence-electron chi connectivity index (χ0n) is 15.5. The highest BCUT2D eigenvalue weighted by Gasteiger charge is 2.51. The summed E-state index contributed by atoms with van der Waals surface area (Å²) in [4.78, 5) is 34.1. The van der Waals surface area contributed by atoms with E-state index >= 15 is 0 Å². The first-order chi connectivity index (χ1) is 13.7. The fourth-order valence-electron chi connectivity index (χ4n) is 3.22. The Kier molecular flexibility index (Phi) is 4.30. The molecule has 150 valence electrons. The minimum Gasteiger partial charge on any atom is -0.423 e. The van der Waals surface area contributed by atoms with E-state index < -0.39 is 30.2 Å². The molecule has 29 heavy (non-hydrogen) atoms. The normalized spacial score (nSPS) is 16.4. The summed E-state index contributed by atoms with van der Waals surface area (Å²) in [7, 11) is 1.44. The average Bonchev–Trinajstić information content (AvgIpc) is 2.68. The number of nitrogens with zero attached hydrogens (tertiary/aromatic N) is 4. The summed E-state index contributed by atoms with van der Waals surface area (Å²) in [6.07, 6.45) is -3.77. The molecule has 10 heteroatoms. The van der Waals surface area contributed by atoms with Gasteiger partial charge in [-0.15, -0.1) is 0 Å². The van der Waals surface area contributed by atoms with Gasteiger partial charge in [0.05, 0.1) is 23.7 Å². The number of aliphatic hydroxyl groups is 1. The Bertz CT molecular complexity index is 1190. The SMILES string of the molecule is C[C@H](O)c1cccc2c1OC(F)(F)C(=O)N2Cc1nc2ncccc2c(=O)n1C. The van der Waals surface area contributed by atoms with Crippen molar-refractivity contribution in [3.8, 4) is 5.75 Å². The van der Waals surface area contributed by atoms with Crippen molar-refractivity contribution in [3.63, 3.8) is 0 Å². The largest absolute Gasteiger partial charge is 0.483 e. The van der Waals surface area contributed by atoms with Crippen molar-refractivity contribution in [2.45, 2.75) is 25.7 Å². The summed E-state index contributed by atoms with van der Waals surface area (Å²) in [6.45, 7) is 0.991. The number of hydrogen-bond acceptors (Lipinski definition) is 6. The van der Waals surface area contributed by atoms with Gasteiger partial charge in [-0.25, -0.2) is 9.97 Å². The fraction of sp³-hybridized carbons (Fsp3) is 0.263. The van der Waals surface area contributed by atoms with E-state index in [0.717, 1.165) is 4.90 Å². The molecule has 1 amide bonds. The average molecular weight is 402 g/mol. The molecule has 1 atom stereocenters. The van der Waals surface area contributed by atoms with Gasteiger partial charge < -0.3 is 9.84 Å². The summed E-state index contributed by atoms with van der Waals surface area (Å²) >= 11 is 0. The first-order valence-electron chi connectivity index (χ1n) is 8.71. The topological polar surface area (TPSA) is 97.6 Å². The molecule has 0 saturated heterocycles. The van der Waals surface area contributed by atoms with Gasteiger partial charge in [0.25, 0.3) is 5.56 Å². The number of alkyl halides is 2. The molecule has 0 bridgehead atoms. The molecule has 3 heterocycles. The molecule has 4 rings (SSSR count). The molecule has 1 aliphatic rings. The number of carbonyl (C=O) groups is 1. The fourth-order valence-corrected chi connectivity index (χ4v) is 3.22. The molecule has 1 aliphatic heterocycles. The number of rotatable bonds is 3. The molecular weight excluding hydrogens is 386 g/mol. The van der Waals surface area contributed by atoms with Gasteiger partial charge in [0.2, 0.25) is 0 Å². The molecule has 1 N–H and O–H groups in total. The standard InChI is InChI=1S/C19H16F2N4O4/c1-10(26)11-5-3-7-13-15(11)29-19(20,21)18(28)25(13)9-14-23-16-12(6-4-8-22-16)17(27)24(14)2/h3-8,10,26H,9H2,1-2H3/t10-/m0/s1. The third-order valence-electron chi connectivity index (χ3n) is 4.73. The summed E-state index contributed by atoms with van der Waals surface area (Å²) < 4.78 is 34.4. The van der Waals surface area contributed by atoms with E-state index in [-0.39, 0.29) is 33.9 Å². The third kappa shape index (κ3) is 3.01. The highest BCUT2D eigenvalue weighted by Crippen LogP contribution is 2.44. The summed E-state index contributed by atoms with van der Waals surface area (Å²) in [5, 5.41) is 10.2. The lowest BCUT2D eigenvalue weighted by atomic mass is 10.1. The Morgan fingerprint density at radius 3 is 2.72 bits per heavy atom. The number of amides is 1. The second-order valence-corrected chi connectivity index (χ2v) is 6.65. The molecule has 0 radical (unpaired) electrons. The predicted octanol–water partition coefficient (Wildman–Crippen LogP) is 1.90. The number of para-hydroxylation sites is 1. The lowest BCUT2D eigenvalue weighted by Gasteiger charge is -2.34. The van der Waals surface area contributed by atoms with E-state index in [9.17, 15) is 23.5 Å². The Morgan fingerprint density at radius 2 is 2.00 bits per heavy atom. The van der Waals surface area contributed by atoms with Crippen LogP contribution in [-0.2, 0) is 18.4 Å². The van der Waals surface area contributed by atoms with Gasteiger partial charge in [0, 0.05) is 18.8 Å². The molecule has 0 spiro atoms. The van der Waals surface area contributed by atoms with Gasteiger partial charge >= 0.3 is 12.0 Å². The maximum atomic E-state index is 14.3. The van der Waals surface area contributed by atoms with E-state index in [2.05, 4.69) is 14.7 Å². The molecule has 0 fully saturated rings. The number of benzene rings is 1. The molecule has 3 aromatic rings. The Balaban J connectivity index is 1.87. The van der Waals surface area contributed by atoms with E-state index in [1.807, 2.05) is 0 Å². The van der Waals surface area contributed by atoms with Crippen molar-refractivity contribution in [2.75, 3.05) is 4.90 Å². The molecular formula is C19H16F2N4O4. The Hall–Kier alpha value is -3.40. The van der Waals surface area contributed by atoms with Crippen molar-refractivity contribution in [2.24, 2.45) is 7.05 Å². The van der Waals surface area contributed by atoms with E-state index in [1.54, 1.807) is 12.1 Å². The first-order valence-corrected chi connectivity index (χ1v) is 8.71. The second kappa shape index (κ2) is 6.59. The quantitative estimate of drug-likeness (QED) is 0.719. The third-order valence-corrected chi connectivity index (χ3v) is 4.73. The number of fused-ring (bicyclic) bond motifs is 2. The zero-order chi connectivity index (χ0) is 20.9. The summed E-state index contributed by atoms with van der Waals surface area (Å²) in [6, 6.07) is 7.51. The first kappa shape index (κ1) is 18.9. The number of hydrogen-bond donors (Lipinski definition) is 1. The van der Waals surface area contributed by atoms with Crippen molar-refractivity contribution in [1.29, 1.82) is 0 Å². The van der Waals surface area contributed by atoms with Crippen LogP contribution in [0.3, 0.4) is 0 Å². The van der Waals surface area contributed by atoms with Crippen LogP contribution >= 0.6 is 0 Å². The van der Waals surface area contributed by atoms with Crippen LogP contribution in [0, 0.1) is 0 Å². The van der Waals surface area contributed by atoms with Gasteiger partial charge in [0.1, 0.15) is 5.82 Å². The smallest absolute Gasteiger partial charge is 0.423 e. The lowest BCUT2D eigenvalue weighted by Crippen LogP contribution is -2.51. The monoisotopic (exact) mass is 402 g/mol. The van der Waals surface area contributed by atoms with E-state index in [4.69, 9.17) is 0 Å². The predicted molar refractivity (Wildman–Crippen MR) is 98.6 cm³/mol. The van der Waals surface area contributed by atoms with Crippen LogP contribution < -0.4 is 15.2 Å². The van der Waals surface area contributed by atoms with E-state index in [0.29, 0.717) is 0 Å². The molecule has 0 saturated carbocycles. The molecule has 2 aromatic heterocycles. The highest BCUT2D eigenvalue weighted by molar-refractivity contribution is 6.01. The number of halogens is 2. The second-order valence-electron chi connectivity index (χ2n) is 6.65. The minimum absolute atomic E-state index is 0.0506. The van der Waals surface area contributed by atoms with Gasteiger partial charge in [-0.2, -0.15) is 8.78 Å². The van der Waals surface area contributed by atoms with E-state index in [1.165, 1.54) is 42.9 Å². The van der Waals surface area contributed by atoms with Crippen LogP contribution in [0.5, 0.6) is 5.75 Å². The van der Waals surface area contributed by atoms with Crippen molar-refractivity contribution in [1.82, 2.24) is 14.5 Å². The molecule has 1 aromatic carbocycles. The molecule has 0 aliphatic carbocycles. The van der Waals surface area contributed by atoms with Gasteiger partial charge in [0.15, 0.2) is 11.4 Å². The number of aliphatic hydroxyl groups excluding tert-OH is 1. The lowest BCUT2D eigenvalue weighted by molar-refractivity contribution is -0.193. The number of pyridine rings is 1. The summed E-state index contributed by atoms with van der Waals surface area (Å²) in [5.41, 5.74) is -0.101. The van der Waals surface area contributed by atoms with Gasteiger partial charge in [-0.05, 0) is 25.1 Å². The number of carbonyl (C=O) groups excluding carboxylic acids is 1. The van der Waals surface area contributed by atoms with Crippen molar-refractivity contribution in [3.05, 3.63) is 58.3 Å².